The number of rotatable bonds is 5. The molecule has 1 unspecified atom stereocenters. The van der Waals surface area contributed by atoms with Crippen molar-refractivity contribution in [3.63, 3.8) is 0 Å². The highest BCUT2D eigenvalue weighted by atomic mass is 127. The molecular weight excluding hydrogens is 311 g/mol. The van der Waals surface area contributed by atoms with E-state index in [0.29, 0.717) is 0 Å². The summed E-state index contributed by atoms with van der Waals surface area (Å²) in [6, 6.07) is 6.49. The minimum atomic E-state index is 0.166. The molecule has 0 amide bonds. The van der Waals surface area contributed by atoms with Crippen molar-refractivity contribution in [2.75, 3.05) is 0 Å². The van der Waals surface area contributed by atoms with Crippen LogP contribution in [-0.2, 0) is 0 Å². The van der Waals surface area contributed by atoms with Gasteiger partial charge in [-0.15, -0.1) is 0 Å². The minimum Gasteiger partial charge on any atom is -0.271 e. The zero-order chi connectivity index (χ0) is 12.1. The Morgan fingerprint density at radius 1 is 1.56 bits per heavy atom. The van der Waals surface area contributed by atoms with Gasteiger partial charge in [-0.2, -0.15) is 0 Å². The molecule has 0 aliphatic rings. The lowest BCUT2D eigenvalue weighted by molar-refractivity contribution is 0.542. The van der Waals surface area contributed by atoms with Crippen LogP contribution < -0.4 is 11.3 Å². The lowest BCUT2D eigenvalue weighted by Crippen LogP contribution is -2.29. The van der Waals surface area contributed by atoms with Gasteiger partial charge in [0.2, 0.25) is 0 Å². The Labute approximate surface area is 111 Å². The highest BCUT2D eigenvalue weighted by molar-refractivity contribution is 14.1. The number of halogens is 1. The Morgan fingerprint density at radius 2 is 2.25 bits per heavy atom. The minimum absolute atomic E-state index is 0.166. The third-order valence-electron chi connectivity index (χ3n) is 2.79. The first kappa shape index (κ1) is 13.7. The summed E-state index contributed by atoms with van der Waals surface area (Å²) in [5.74, 6) is 5.63. The molecule has 0 fully saturated rings. The zero-order valence-electron chi connectivity index (χ0n) is 9.89. The molecule has 1 atom stereocenters. The molecular formula is C13H19IN2. The Balaban J connectivity index is 2.95. The Kier molecular flexibility index (Phi) is 5.44. The molecule has 3 N–H and O–H groups in total. The number of hydrogen-bond acceptors (Lipinski definition) is 2. The third kappa shape index (κ3) is 3.30. The van der Waals surface area contributed by atoms with Gasteiger partial charge >= 0.3 is 0 Å². The van der Waals surface area contributed by atoms with Crippen LogP contribution in [0.3, 0.4) is 0 Å². The van der Waals surface area contributed by atoms with E-state index in [0.717, 1.165) is 12.8 Å². The van der Waals surface area contributed by atoms with E-state index in [1.165, 1.54) is 20.3 Å². The van der Waals surface area contributed by atoms with E-state index in [4.69, 9.17) is 5.84 Å². The second-order valence-electron chi connectivity index (χ2n) is 4.01. The summed E-state index contributed by atoms with van der Waals surface area (Å²) in [7, 11) is 0. The molecule has 0 aliphatic heterocycles. The van der Waals surface area contributed by atoms with E-state index in [1.54, 1.807) is 0 Å². The molecule has 1 aromatic carbocycles. The molecule has 0 radical (unpaired) electrons. The zero-order valence-corrected chi connectivity index (χ0v) is 12.0. The number of nitrogens with one attached hydrogen (secondary N) is 1. The van der Waals surface area contributed by atoms with E-state index < -0.39 is 0 Å². The normalized spacial score (nSPS) is 12.5. The summed E-state index contributed by atoms with van der Waals surface area (Å²) >= 11 is 2.38. The molecule has 0 spiro atoms. The molecule has 0 aromatic heterocycles. The van der Waals surface area contributed by atoms with Crippen LogP contribution in [0.5, 0.6) is 0 Å². The quantitative estimate of drug-likeness (QED) is 0.376. The molecule has 0 bridgehead atoms. The van der Waals surface area contributed by atoms with Crippen molar-refractivity contribution in [2.45, 2.75) is 32.7 Å². The Bertz CT molecular complexity index is 374. The SMILES string of the molecule is C=C(CC)CC(NN)c1cccc(C)c1I. The maximum atomic E-state index is 5.63. The summed E-state index contributed by atoms with van der Waals surface area (Å²) in [4.78, 5) is 0. The first-order valence-corrected chi connectivity index (χ1v) is 6.55. The average Bonchev–Trinajstić information content (AvgIpc) is 2.29. The van der Waals surface area contributed by atoms with E-state index in [-0.39, 0.29) is 6.04 Å². The van der Waals surface area contributed by atoms with Crippen molar-refractivity contribution in [3.05, 3.63) is 45.0 Å². The smallest absolute Gasteiger partial charge is 0.0507 e. The molecule has 1 aromatic rings. The second-order valence-corrected chi connectivity index (χ2v) is 5.08. The lowest BCUT2D eigenvalue weighted by Gasteiger charge is -2.19. The largest absolute Gasteiger partial charge is 0.271 e. The van der Waals surface area contributed by atoms with Gasteiger partial charge in [-0.3, -0.25) is 11.3 Å². The van der Waals surface area contributed by atoms with Crippen molar-refractivity contribution in [2.24, 2.45) is 5.84 Å². The number of benzene rings is 1. The molecule has 88 valence electrons. The van der Waals surface area contributed by atoms with Crippen molar-refractivity contribution in [3.8, 4) is 0 Å². The summed E-state index contributed by atoms with van der Waals surface area (Å²) in [5.41, 5.74) is 6.66. The lowest BCUT2D eigenvalue weighted by atomic mass is 9.98. The first-order valence-electron chi connectivity index (χ1n) is 5.48. The Morgan fingerprint density at radius 3 is 2.81 bits per heavy atom. The van der Waals surface area contributed by atoms with Gasteiger partial charge in [-0.1, -0.05) is 37.3 Å². The monoisotopic (exact) mass is 330 g/mol. The molecule has 0 saturated carbocycles. The van der Waals surface area contributed by atoms with E-state index >= 15 is 0 Å². The maximum absolute atomic E-state index is 5.63. The number of hydrogen-bond donors (Lipinski definition) is 2. The Hall–Kier alpha value is -0.390. The molecule has 0 aliphatic carbocycles. The van der Waals surface area contributed by atoms with Gasteiger partial charge in [0, 0.05) is 3.57 Å². The van der Waals surface area contributed by atoms with Gasteiger partial charge in [-0.05, 0) is 53.5 Å². The van der Waals surface area contributed by atoms with Crippen LogP contribution in [0, 0.1) is 10.5 Å². The molecule has 0 heterocycles. The highest BCUT2D eigenvalue weighted by Gasteiger charge is 2.14. The van der Waals surface area contributed by atoms with Gasteiger partial charge in [0.25, 0.3) is 0 Å². The fourth-order valence-corrected chi connectivity index (χ4v) is 2.37. The summed E-state index contributed by atoms with van der Waals surface area (Å²) in [6.45, 7) is 8.28. The van der Waals surface area contributed by atoms with Crippen molar-refractivity contribution >= 4 is 22.6 Å². The molecule has 2 nitrogen and oxygen atoms in total. The molecule has 16 heavy (non-hydrogen) atoms. The van der Waals surface area contributed by atoms with Crippen molar-refractivity contribution in [1.82, 2.24) is 5.43 Å². The summed E-state index contributed by atoms with van der Waals surface area (Å²) in [6.07, 6.45) is 1.90. The standard InChI is InChI=1S/C13H19IN2/c1-4-9(2)8-12(16-15)11-7-5-6-10(3)13(11)14/h5-7,12,16H,2,4,8,15H2,1,3H3. The second kappa shape index (κ2) is 6.37. The highest BCUT2D eigenvalue weighted by Crippen LogP contribution is 2.27. The van der Waals surface area contributed by atoms with Crippen LogP contribution in [0.1, 0.15) is 36.9 Å². The van der Waals surface area contributed by atoms with Gasteiger partial charge in [-0.25, -0.2) is 0 Å². The first-order chi connectivity index (χ1) is 7.60. The topological polar surface area (TPSA) is 38.0 Å². The van der Waals surface area contributed by atoms with Crippen molar-refractivity contribution < 1.29 is 0 Å². The van der Waals surface area contributed by atoms with Gasteiger partial charge in [0.1, 0.15) is 0 Å². The molecule has 1 rings (SSSR count). The maximum Gasteiger partial charge on any atom is 0.0507 e. The van der Waals surface area contributed by atoms with Gasteiger partial charge in [0.05, 0.1) is 6.04 Å². The fraction of sp³-hybridized carbons (Fsp3) is 0.385. The number of aryl methyl sites for hydroxylation is 1. The van der Waals surface area contributed by atoms with E-state index in [2.05, 4.69) is 66.6 Å². The third-order valence-corrected chi connectivity index (χ3v) is 4.26. The summed E-state index contributed by atoms with van der Waals surface area (Å²) in [5, 5.41) is 0. The molecule has 0 saturated heterocycles. The van der Waals surface area contributed by atoms with Crippen LogP contribution in [-0.4, -0.2) is 0 Å². The van der Waals surface area contributed by atoms with Crippen LogP contribution >= 0.6 is 22.6 Å². The predicted octanol–water partition coefficient (Wildman–Crippen LogP) is 3.46. The van der Waals surface area contributed by atoms with Crippen LogP contribution in [0.4, 0.5) is 0 Å². The number of nitrogens with two attached hydrogens (primary N) is 1. The van der Waals surface area contributed by atoms with Crippen LogP contribution in [0.2, 0.25) is 0 Å². The summed E-state index contributed by atoms with van der Waals surface area (Å²) < 4.78 is 1.28. The fourth-order valence-electron chi connectivity index (χ4n) is 1.63. The van der Waals surface area contributed by atoms with E-state index in [9.17, 15) is 0 Å². The predicted molar refractivity (Wildman–Crippen MR) is 78.0 cm³/mol. The average molecular weight is 330 g/mol. The van der Waals surface area contributed by atoms with Crippen molar-refractivity contribution in [1.29, 1.82) is 0 Å². The molecule has 3 heteroatoms. The number of hydrazine groups is 1. The van der Waals surface area contributed by atoms with Gasteiger partial charge < -0.3 is 0 Å². The van der Waals surface area contributed by atoms with Gasteiger partial charge in [0.15, 0.2) is 0 Å². The van der Waals surface area contributed by atoms with E-state index in [1.807, 2.05) is 0 Å². The van der Waals surface area contributed by atoms with Crippen LogP contribution in [0.25, 0.3) is 0 Å². The van der Waals surface area contributed by atoms with Crippen LogP contribution in [0.15, 0.2) is 30.4 Å².